The Morgan fingerprint density at radius 1 is 1.24 bits per heavy atom. The number of carbonyl (C=O) groups excluding carboxylic acids is 2. The van der Waals surface area contributed by atoms with Gasteiger partial charge >= 0.3 is 0 Å². The van der Waals surface area contributed by atoms with Crippen LogP contribution in [-0.4, -0.2) is 29.3 Å². The molecule has 0 aromatic heterocycles. The number of amides is 2. The van der Waals surface area contributed by atoms with Crippen LogP contribution < -0.4 is 5.32 Å². The Bertz CT molecular complexity index is 531. The number of nitrogens with one attached hydrogen (secondary N) is 1. The van der Waals surface area contributed by atoms with Gasteiger partial charge in [0.05, 0.1) is 0 Å². The van der Waals surface area contributed by atoms with E-state index in [2.05, 4.69) is 31.3 Å². The molecule has 4 nitrogen and oxygen atoms in total. The van der Waals surface area contributed by atoms with E-state index in [1.165, 1.54) is 16.7 Å². The molecule has 114 valence electrons. The first-order valence-electron chi connectivity index (χ1n) is 7.53. The van der Waals surface area contributed by atoms with Gasteiger partial charge in [0, 0.05) is 19.5 Å². The summed E-state index contributed by atoms with van der Waals surface area (Å²) in [6, 6.07) is 5.74. The zero-order valence-corrected chi connectivity index (χ0v) is 13.3. The lowest BCUT2D eigenvalue weighted by Crippen LogP contribution is -2.47. The van der Waals surface area contributed by atoms with Crippen LogP contribution in [0.5, 0.6) is 0 Å². The van der Waals surface area contributed by atoms with Crippen molar-refractivity contribution in [2.24, 2.45) is 5.92 Å². The first-order valence-corrected chi connectivity index (χ1v) is 7.53. The smallest absolute Gasteiger partial charge is 0.245 e. The quantitative estimate of drug-likeness (QED) is 0.926. The molecule has 21 heavy (non-hydrogen) atoms. The number of benzene rings is 1. The van der Waals surface area contributed by atoms with Gasteiger partial charge in [-0.2, -0.15) is 0 Å². The second-order valence-electron chi connectivity index (χ2n) is 6.17. The third kappa shape index (κ3) is 3.43. The second kappa shape index (κ2) is 6.29. The summed E-state index contributed by atoms with van der Waals surface area (Å²) < 4.78 is 0. The molecule has 1 aromatic rings. The second-order valence-corrected chi connectivity index (χ2v) is 6.17. The van der Waals surface area contributed by atoms with Crippen LogP contribution in [0.2, 0.25) is 0 Å². The van der Waals surface area contributed by atoms with Gasteiger partial charge < -0.3 is 10.2 Å². The van der Waals surface area contributed by atoms with Crippen molar-refractivity contribution < 1.29 is 9.59 Å². The lowest BCUT2D eigenvalue weighted by molar-refractivity contribution is -0.135. The van der Waals surface area contributed by atoms with Crippen LogP contribution >= 0.6 is 0 Å². The zero-order valence-electron chi connectivity index (χ0n) is 13.3. The standard InChI is InChI=1S/C17H24N2O2/c1-11(2)16-17(21)19(9-8-15(20)18-16)10-14-12(3)6-5-7-13(14)4/h5-7,11,16H,8-10H2,1-4H3,(H,18,20). The molecule has 2 rings (SSSR count). The number of hydrogen-bond donors (Lipinski definition) is 1. The minimum atomic E-state index is -0.413. The van der Waals surface area contributed by atoms with Crippen molar-refractivity contribution in [2.45, 2.75) is 46.7 Å². The first-order chi connectivity index (χ1) is 9.90. The summed E-state index contributed by atoms with van der Waals surface area (Å²) >= 11 is 0. The number of hydrogen-bond acceptors (Lipinski definition) is 2. The molecule has 1 aliphatic heterocycles. The molecule has 4 heteroatoms. The van der Waals surface area contributed by atoms with Crippen LogP contribution in [0.1, 0.15) is 37.0 Å². The Balaban J connectivity index is 2.25. The maximum Gasteiger partial charge on any atom is 0.245 e. The van der Waals surface area contributed by atoms with Gasteiger partial charge in [0.25, 0.3) is 0 Å². The predicted molar refractivity (Wildman–Crippen MR) is 82.7 cm³/mol. The molecule has 1 heterocycles. The van der Waals surface area contributed by atoms with Crippen molar-refractivity contribution in [3.8, 4) is 0 Å². The highest BCUT2D eigenvalue weighted by Crippen LogP contribution is 2.19. The van der Waals surface area contributed by atoms with Crippen LogP contribution in [0, 0.1) is 19.8 Å². The Labute approximate surface area is 126 Å². The molecular formula is C17H24N2O2. The van der Waals surface area contributed by atoms with Gasteiger partial charge in [-0.15, -0.1) is 0 Å². The van der Waals surface area contributed by atoms with Crippen LogP contribution in [0.25, 0.3) is 0 Å². The maximum atomic E-state index is 12.7. The molecule has 0 bridgehead atoms. The van der Waals surface area contributed by atoms with Crippen molar-refractivity contribution in [3.05, 3.63) is 34.9 Å². The molecular weight excluding hydrogens is 264 g/mol. The van der Waals surface area contributed by atoms with E-state index in [1.807, 2.05) is 24.8 Å². The third-order valence-electron chi connectivity index (χ3n) is 4.16. The highest BCUT2D eigenvalue weighted by molar-refractivity contribution is 5.90. The highest BCUT2D eigenvalue weighted by atomic mass is 16.2. The normalized spacial score (nSPS) is 19.7. The molecule has 0 radical (unpaired) electrons. The molecule has 0 spiro atoms. The average Bonchev–Trinajstić information content (AvgIpc) is 2.55. The minimum absolute atomic E-state index is 0.0264. The largest absolute Gasteiger partial charge is 0.344 e. The van der Waals surface area contributed by atoms with Crippen molar-refractivity contribution in [1.29, 1.82) is 0 Å². The Morgan fingerprint density at radius 3 is 2.43 bits per heavy atom. The summed E-state index contributed by atoms with van der Waals surface area (Å²) in [6.07, 6.45) is 0.375. The summed E-state index contributed by atoms with van der Waals surface area (Å²) in [5, 5.41) is 2.84. The van der Waals surface area contributed by atoms with Crippen LogP contribution in [-0.2, 0) is 16.1 Å². The van der Waals surface area contributed by atoms with E-state index in [1.54, 1.807) is 0 Å². The van der Waals surface area contributed by atoms with E-state index in [-0.39, 0.29) is 17.7 Å². The van der Waals surface area contributed by atoms with E-state index in [0.717, 1.165) is 0 Å². The van der Waals surface area contributed by atoms with E-state index in [9.17, 15) is 9.59 Å². The molecule has 1 fully saturated rings. The van der Waals surface area contributed by atoms with Crippen LogP contribution in [0.15, 0.2) is 18.2 Å². The van der Waals surface area contributed by atoms with Crippen molar-refractivity contribution in [1.82, 2.24) is 10.2 Å². The molecule has 0 aliphatic carbocycles. The lowest BCUT2D eigenvalue weighted by Gasteiger charge is -2.27. The summed E-state index contributed by atoms with van der Waals surface area (Å²) in [6.45, 7) is 9.12. The Hall–Kier alpha value is -1.84. The van der Waals surface area contributed by atoms with Gasteiger partial charge in [-0.25, -0.2) is 0 Å². The van der Waals surface area contributed by atoms with E-state index < -0.39 is 6.04 Å². The van der Waals surface area contributed by atoms with Gasteiger partial charge in [0.15, 0.2) is 0 Å². The van der Waals surface area contributed by atoms with Crippen LogP contribution in [0.3, 0.4) is 0 Å². The lowest BCUT2D eigenvalue weighted by atomic mass is 10.0. The molecule has 2 amide bonds. The minimum Gasteiger partial charge on any atom is -0.344 e. The Kier molecular flexibility index (Phi) is 4.66. The van der Waals surface area contributed by atoms with Crippen molar-refractivity contribution in [2.75, 3.05) is 6.54 Å². The van der Waals surface area contributed by atoms with E-state index >= 15 is 0 Å². The number of aryl methyl sites for hydroxylation is 2. The fourth-order valence-electron chi connectivity index (χ4n) is 2.75. The fourth-order valence-corrected chi connectivity index (χ4v) is 2.75. The topological polar surface area (TPSA) is 49.4 Å². The van der Waals surface area contributed by atoms with Crippen LogP contribution in [0.4, 0.5) is 0 Å². The predicted octanol–water partition coefficient (Wildman–Crippen LogP) is 2.18. The summed E-state index contributed by atoms with van der Waals surface area (Å²) in [5.74, 6) is 0.0876. The zero-order chi connectivity index (χ0) is 15.6. The Morgan fingerprint density at radius 2 is 1.86 bits per heavy atom. The fraction of sp³-hybridized carbons (Fsp3) is 0.529. The first kappa shape index (κ1) is 15.5. The maximum absolute atomic E-state index is 12.7. The van der Waals surface area contributed by atoms with Gasteiger partial charge in [-0.1, -0.05) is 32.0 Å². The summed E-state index contributed by atoms with van der Waals surface area (Å²) in [4.78, 5) is 26.3. The monoisotopic (exact) mass is 288 g/mol. The van der Waals surface area contributed by atoms with Gasteiger partial charge in [0.2, 0.25) is 11.8 Å². The molecule has 1 N–H and O–H groups in total. The number of rotatable bonds is 3. The number of carbonyl (C=O) groups is 2. The molecule has 1 aliphatic rings. The highest BCUT2D eigenvalue weighted by Gasteiger charge is 2.32. The third-order valence-corrected chi connectivity index (χ3v) is 4.16. The molecule has 0 saturated carbocycles. The van der Waals surface area contributed by atoms with Gasteiger partial charge in [-0.3, -0.25) is 9.59 Å². The molecule has 1 aromatic carbocycles. The molecule has 1 atom stereocenters. The van der Waals surface area contributed by atoms with Gasteiger partial charge in [0.1, 0.15) is 6.04 Å². The van der Waals surface area contributed by atoms with E-state index in [4.69, 9.17) is 0 Å². The molecule has 1 saturated heterocycles. The number of nitrogens with zero attached hydrogens (tertiary/aromatic N) is 1. The summed E-state index contributed by atoms with van der Waals surface area (Å²) in [5.41, 5.74) is 3.56. The van der Waals surface area contributed by atoms with Gasteiger partial charge in [-0.05, 0) is 36.5 Å². The van der Waals surface area contributed by atoms with Crippen molar-refractivity contribution >= 4 is 11.8 Å². The SMILES string of the molecule is Cc1cccc(C)c1CN1CCC(=O)NC(C(C)C)C1=O. The summed E-state index contributed by atoms with van der Waals surface area (Å²) in [7, 11) is 0. The van der Waals surface area contributed by atoms with Crippen molar-refractivity contribution in [3.63, 3.8) is 0 Å². The van der Waals surface area contributed by atoms with E-state index in [0.29, 0.717) is 19.5 Å². The average molecular weight is 288 g/mol. The molecule has 1 unspecified atom stereocenters.